The van der Waals surface area contributed by atoms with Crippen LogP contribution < -0.4 is 9.62 Å². The van der Waals surface area contributed by atoms with Gasteiger partial charge in [-0.3, -0.25) is 13.9 Å². The van der Waals surface area contributed by atoms with Crippen molar-refractivity contribution in [3.8, 4) is 0 Å². The molecule has 3 rings (SSSR count). The normalized spacial score (nSPS) is 12.1. The van der Waals surface area contributed by atoms with Crippen molar-refractivity contribution < 1.29 is 18.0 Å². The van der Waals surface area contributed by atoms with E-state index in [1.54, 1.807) is 68.4 Å². The van der Waals surface area contributed by atoms with Gasteiger partial charge in [0.25, 0.3) is 10.0 Å². The van der Waals surface area contributed by atoms with Gasteiger partial charge in [-0.05, 0) is 63.1 Å². The van der Waals surface area contributed by atoms with E-state index >= 15 is 0 Å². The molecular formula is C29H33Cl2N3O4S. The summed E-state index contributed by atoms with van der Waals surface area (Å²) in [6, 6.07) is 17.4. The van der Waals surface area contributed by atoms with Crippen molar-refractivity contribution >= 4 is 50.7 Å². The maximum absolute atomic E-state index is 14.0. The number of benzene rings is 3. The number of aryl methyl sites for hydroxylation is 2. The van der Waals surface area contributed by atoms with Gasteiger partial charge in [-0.2, -0.15) is 0 Å². The van der Waals surface area contributed by atoms with Gasteiger partial charge in [0.2, 0.25) is 11.8 Å². The van der Waals surface area contributed by atoms with E-state index in [1.165, 1.54) is 17.0 Å². The molecule has 0 aliphatic carbocycles. The largest absolute Gasteiger partial charge is 0.354 e. The van der Waals surface area contributed by atoms with E-state index in [0.29, 0.717) is 33.4 Å². The lowest BCUT2D eigenvalue weighted by Crippen LogP contribution is -2.51. The van der Waals surface area contributed by atoms with Crippen LogP contribution in [0.15, 0.2) is 71.6 Å². The van der Waals surface area contributed by atoms with Crippen molar-refractivity contribution in [1.29, 1.82) is 0 Å². The molecule has 0 fully saturated rings. The summed E-state index contributed by atoms with van der Waals surface area (Å²) in [6.45, 7) is 6.99. The summed E-state index contributed by atoms with van der Waals surface area (Å²) < 4.78 is 28.9. The third kappa shape index (κ3) is 7.32. The first-order chi connectivity index (χ1) is 18.5. The summed E-state index contributed by atoms with van der Waals surface area (Å²) in [5.41, 5.74) is 2.41. The van der Waals surface area contributed by atoms with Crippen LogP contribution in [0, 0.1) is 13.8 Å². The fraction of sp³-hybridized carbons (Fsp3) is 0.310. The predicted molar refractivity (Wildman–Crippen MR) is 157 cm³/mol. The number of sulfonamides is 1. The van der Waals surface area contributed by atoms with Crippen LogP contribution in [0.5, 0.6) is 0 Å². The number of carbonyl (C=O) groups excluding carboxylic acids is 2. The summed E-state index contributed by atoms with van der Waals surface area (Å²) in [5, 5.41) is 3.48. The van der Waals surface area contributed by atoms with Crippen LogP contribution in [0.4, 0.5) is 5.69 Å². The molecule has 0 spiro atoms. The molecule has 10 heteroatoms. The van der Waals surface area contributed by atoms with Crippen LogP contribution in [0.1, 0.15) is 37.0 Å². The summed E-state index contributed by atoms with van der Waals surface area (Å²) in [5.74, 6) is -0.943. The molecule has 7 nitrogen and oxygen atoms in total. The minimum Gasteiger partial charge on any atom is -0.354 e. The first kappa shape index (κ1) is 30.5. The molecule has 0 saturated heterocycles. The van der Waals surface area contributed by atoms with Crippen LogP contribution >= 0.6 is 23.2 Å². The maximum atomic E-state index is 14.0. The Kier molecular flexibility index (Phi) is 10.4. The number of rotatable bonds is 11. The third-order valence-electron chi connectivity index (χ3n) is 6.38. The SMILES string of the molecule is CCCNC(=O)C(C)N(Cc1c(Cl)cccc1Cl)C(=O)CN(c1ccccc1C)S(=O)(=O)c1ccc(C)cc1. The standard InChI is InChI=1S/C29H33Cl2N3O4S/c1-5-17-32-29(36)22(4)33(18-24-25(30)10-8-11-26(24)31)28(35)19-34(27-12-7-6-9-21(27)3)39(37,38)23-15-13-20(2)14-16-23/h6-16,22H,5,17-19H2,1-4H3,(H,32,36). The third-order valence-corrected chi connectivity index (χ3v) is 8.86. The smallest absolute Gasteiger partial charge is 0.264 e. The highest BCUT2D eigenvalue weighted by Crippen LogP contribution is 2.29. The molecule has 0 aliphatic rings. The van der Waals surface area contributed by atoms with E-state index in [9.17, 15) is 18.0 Å². The molecule has 0 saturated carbocycles. The zero-order valence-electron chi connectivity index (χ0n) is 22.4. The monoisotopic (exact) mass is 589 g/mol. The van der Waals surface area contributed by atoms with E-state index in [0.717, 1.165) is 16.3 Å². The zero-order chi connectivity index (χ0) is 28.7. The Balaban J connectivity index is 2.07. The van der Waals surface area contributed by atoms with Gasteiger partial charge >= 0.3 is 0 Å². The highest BCUT2D eigenvalue weighted by atomic mass is 35.5. The van der Waals surface area contributed by atoms with E-state index < -0.39 is 28.5 Å². The number of hydrogen-bond acceptors (Lipinski definition) is 4. The van der Waals surface area contributed by atoms with Crippen LogP contribution in [-0.2, 0) is 26.2 Å². The van der Waals surface area contributed by atoms with Crippen LogP contribution in [0.25, 0.3) is 0 Å². The number of nitrogens with zero attached hydrogens (tertiary/aromatic N) is 2. The van der Waals surface area contributed by atoms with Crippen molar-refractivity contribution in [2.24, 2.45) is 0 Å². The Labute approximate surface area is 240 Å². The van der Waals surface area contributed by atoms with Gasteiger partial charge in [0, 0.05) is 28.7 Å². The van der Waals surface area contributed by atoms with Crippen molar-refractivity contribution in [3.05, 3.63) is 93.5 Å². The Morgan fingerprint density at radius 3 is 2.13 bits per heavy atom. The fourth-order valence-corrected chi connectivity index (χ4v) is 6.02. The molecule has 3 aromatic rings. The average Bonchev–Trinajstić information content (AvgIpc) is 2.90. The molecule has 208 valence electrons. The van der Waals surface area contributed by atoms with Crippen LogP contribution in [-0.4, -0.2) is 44.3 Å². The maximum Gasteiger partial charge on any atom is 0.264 e. The number of amides is 2. The van der Waals surface area contributed by atoms with Crippen molar-refractivity contribution in [3.63, 3.8) is 0 Å². The topological polar surface area (TPSA) is 86.8 Å². The minimum absolute atomic E-state index is 0.0542. The molecule has 0 bridgehead atoms. The predicted octanol–water partition coefficient (Wildman–Crippen LogP) is 5.75. The molecule has 0 radical (unpaired) electrons. The van der Waals surface area contributed by atoms with Crippen LogP contribution in [0.2, 0.25) is 10.0 Å². The highest BCUT2D eigenvalue weighted by molar-refractivity contribution is 7.92. The quantitative estimate of drug-likeness (QED) is 0.308. The zero-order valence-corrected chi connectivity index (χ0v) is 24.8. The number of hydrogen-bond donors (Lipinski definition) is 1. The van der Waals surface area contributed by atoms with Crippen LogP contribution in [0.3, 0.4) is 0 Å². The first-order valence-electron chi connectivity index (χ1n) is 12.6. The van der Waals surface area contributed by atoms with Crippen molar-refractivity contribution in [2.75, 3.05) is 17.4 Å². The van der Waals surface area contributed by atoms with Gasteiger partial charge in [-0.1, -0.05) is 72.1 Å². The minimum atomic E-state index is -4.14. The lowest BCUT2D eigenvalue weighted by Gasteiger charge is -2.32. The Morgan fingerprint density at radius 1 is 0.923 bits per heavy atom. The summed E-state index contributed by atoms with van der Waals surface area (Å²) in [6.07, 6.45) is 0.721. The summed E-state index contributed by atoms with van der Waals surface area (Å²) in [7, 11) is -4.14. The fourth-order valence-electron chi connectivity index (χ4n) is 4.03. The van der Waals surface area contributed by atoms with E-state index in [-0.39, 0.29) is 17.3 Å². The van der Waals surface area contributed by atoms with E-state index in [2.05, 4.69) is 5.32 Å². The molecule has 1 N–H and O–H groups in total. The van der Waals surface area contributed by atoms with Gasteiger partial charge in [0.15, 0.2) is 0 Å². The second-order valence-electron chi connectivity index (χ2n) is 9.30. The average molecular weight is 591 g/mol. The molecule has 0 heterocycles. The first-order valence-corrected chi connectivity index (χ1v) is 14.8. The molecule has 1 unspecified atom stereocenters. The van der Waals surface area contributed by atoms with Gasteiger partial charge in [-0.25, -0.2) is 8.42 Å². The van der Waals surface area contributed by atoms with Gasteiger partial charge < -0.3 is 10.2 Å². The lowest BCUT2D eigenvalue weighted by atomic mass is 10.1. The number of halogens is 2. The number of para-hydroxylation sites is 1. The van der Waals surface area contributed by atoms with Crippen molar-refractivity contribution in [1.82, 2.24) is 10.2 Å². The highest BCUT2D eigenvalue weighted by Gasteiger charge is 2.33. The van der Waals surface area contributed by atoms with E-state index in [4.69, 9.17) is 23.2 Å². The molecule has 2 amide bonds. The molecule has 3 aromatic carbocycles. The van der Waals surface area contributed by atoms with Gasteiger partial charge in [0.05, 0.1) is 10.6 Å². The van der Waals surface area contributed by atoms with Crippen molar-refractivity contribution in [2.45, 2.75) is 51.6 Å². The molecular weight excluding hydrogens is 557 g/mol. The van der Waals surface area contributed by atoms with E-state index in [1.807, 2.05) is 13.8 Å². The Bertz CT molecular complexity index is 1410. The molecule has 39 heavy (non-hydrogen) atoms. The number of carbonyl (C=O) groups is 2. The van der Waals surface area contributed by atoms with Gasteiger partial charge in [0.1, 0.15) is 12.6 Å². The number of nitrogens with one attached hydrogen (secondary N) is 1. The summed E-state index contributed by atoms with van der Waals surface area (Å²) in [4.78, 5) is 28.3. The molecule has 1 atom stereocenters. The van der Waals surface area contributed by atoms with Gasteiger partial charge in [-0.15, -0.1) is 0 Å². The lowest BCUT2D eigenvalue weighted by molar-refractivity contribution is -0.139. The molecule has 0 aliphatic heterocycles. The number of anilines is 1. The molecule has 0 aromatic heterocycles. The Morgan fingerprint density at radius 2 is 1.54 bits per heavy atom. The Hall–Kier alpha value is -3.07. The summed E-state index contributed by atoms with van der Waals surface area (Å²) >= 11 is 12.8. The second kappa shape index (κ2) is 13.3. The second-order valence-corrected chi connectivity index (χ2v) is 12.0.